The summed E-state index contributed by atoms with van der Waals surface area (Å²) in [4.78, 5) is 11.6. The van der Waals surface area contributed by atoms with Gasteiger partial charge < -0.3 is 10.1 Å². The van der Waals surface area contributed by atoms with Crippen LogP contribution in [0.5, 0.6) is 0 Å². The number of carbonyl (C=O) groups is 1. The maximum absolute atomic E-state index is 11.6. The van der Waals surface area contributed by atoms with Gasteiger partial charge in [-0.2, -0.15) is 0 Å². The van der Waals surface area contributed by atoms with Crippen molar-refractivity contribution in [3.8, 4) is 0 Å². The highest BCUT2D eigenvalue weighted by Crippen LogP contribution is 2.43. The lowest BCUT2D eigenvalue weighted by atomic mass is 9.76. The van der Waals surface area contributed by atoms with Gasteiger partial charge in [-0.25, -0.2) is 0 Å². The smallest absolute Gasteiger partial charge is 0.126 e. The lowest BCUT2D eigenvalue weighted by Crippen LogP contribution is -2.31. The fourth-order valence-corrected chi connectivity index (χ4v) is 3.01. The van der Waals surface area contributed by atoms with Gasteiger partial charge in [-0.15, -0.1) is 6.58 Å². The van der Waals surface area contributed by atoms with Crippen LogP contribution in [0.1, 0.15) is 23.1 Å². The molecule has 3 atom stereocenters. The van der Waals surface area contributed by atoms with E-state index < -0.39 is 0 Å². The summed E-state index contributed by atoms with van der Waals surface area (Å²) in [6, 6.07) is 18.2. The van der Waals surface area contributed by atoms with Crippen molar-refractivity contribution in [2.75, 3.05) is 5.32 Å². The van der Waals surface area contributed by atoms with Gasteiger partial charge in [-0.1, -0.05) is 54.6 Å². The summed E-state index contributed by atoms with van der Waals surface area (Å²) in [7, 11) is 0. The number of benzene rings is 2. The van der Waals surface area contributed by atoms with Gasteiger partial charge in [0.2, 0.25) is 0 Å². The zero-order valence-electron chi connectivity index (χ0n) is 11.2. The Labute approximate surface area is 119 Å². The van der Waals surface area contributed by atoms with Crippen LogP contribution in [0.3, 0.4) is 0 Å². The molecule has 0 radical (unpaired) electrons. The molecule has 0 saturated carbocycles. The topological polar surface area (TPSA) is 29.1 Å². The highest BCUT2D eigenvalue weighted by Gasteiger charge is 2.35. The zero-order valence-corrected chi connectivity index (χ0v) is 11.2. The van der Waals surface area contributed by atoms with Crippen molar-refractivity contribution in [2.24, 2.45) is 5.92 Å². The molecule has 0 fully saturated rings. The van der Waals surface area contributed by atoms with Crippen molar-refractivity contribution in [2.45, 2.75) is 12.0 Å². The lowest BCUT2D eigenvalue weighted by molar-refractivity contribution is -0.111. The molecule has 2 nitrogen and oxygen atoms in total. The third-order valence-corrected chi connectivity index (χ3v) is 4.00. The fourth-order valence-electron chi connectivity index (χ4n) is 3.01. The number of aldehydes is 1. The predicted octanol–water partition coefficient (Wildman–Crippen LogP) is 3.94. The van der Waals surface area contributed by atoms with E-state index in [0.29, 0.717) is 0 Å². The lowest BCUT2D eigenvalue weighted by Gasteiger charge is -2.37. The number of rotatable bonds is 3. The summed E-state index contributed by atoms with van der Waals surface area (Å²) in [5, 5.41) is 3.50. The molecule has 1 N–H and O–H groups in total. The second-order valence-corrected chi connectivity index (χ2v) is 5.09. The second-order valence-electron chi connectivity index (χ2n) is 5.09. The number of hydrogen-bond acceptors (Lipinski definition) is 2. The standard InChI is InChI=1S/C18H17NO/c1-2-14-15-10-6-7-11-17(15)19-18(16(14)12-20)13-8-4-3-5-9-13/h2-12,14,16,18-19H,1H2/t14-,16+,18-/m1/s1. The number of nitrogens with one attached hydrogen (secondary N) is 1. The van der Waals surface area contributed by atoms with Gasteiger partial charge in [0.05, 0.1) is 6.04 Å². The molecule has 2 aromatic rings. The highest BCUT2D eigenvalue weighted by molar-refractivity contribution is 5.68. The third-order valence-electron chi connectivity index (χ3n) is 4.00. The van der Waals surface area contributed by atoms with E-state index in [1.807, 2.05) is 36.4 Å². The molecule has 0 amide bonds. The van der Waals surface area contributed by atoms with Gasteiger partial charge in [0.1, 0.15) is 6.29 Å². The summed E-state index contributed by atoms with van der Waals surface area (Å²) in [5.41, 5.74) is 3.36. The summed E-state index contributed by atoms with van der Waals surface area (Å²) < 4.78 is 0. The maximum Gasteiger partial charge on any atom is 0.126 e. The van der Waals surface area contributed by atoms with Crippen molar-refractivity contribution in [1.29, 1.82) is 0 Å². The third kappa shape index (κ3) is 2.03. The Morgan fingerprint density at radius 1 is 1.00 bits per heavy atom. The van der Waals surface area contributed by atoms with Crippen LogP contribution in [0.2, 0.25) is 0 Å². The minimum Gasteiger partial charge on any atom is -0.377 e. The normalized spacial score (nSPS) is 24.3. The first kappa shape index (κ1) is 12.7. The molecular formula is C18H17NO. The van der Waals surface area contributed by atoms with Crippen LogP contribution in [0.4, 0.5) is 5.69 Å². The van der Waals surface area contributed by atoms with Gasteiger partial charge >= 0.3 is 0 Å². The van der Waals surface area contributed by atoms with E-state index in [1.165, 1.54) is 0 Å². The largest absolute Gasteiger partial charge is 0.377 e. The van der Waals surface area contributed by atoms with Crippen molar-refractivity contribution < 1.29 is 4.79 Å². The van der Waals surface area contributed by atoms with E-state index in [4.69, 9.17) is 0 Å². The first-order valence-corrected chi connectivity index (χ1v) is 6.83. The van der Waals surface area contributed by atoms with Crippen molar-refractivity contribution in [3.63, 3.8) is 0 Å². The molecule has 1 aliphatic heterocycles. The van der Waals surface area contributed by atoms with Gasteiger partial charge in [-0.05, 0) is 17.2 Å². The summed E-state index contributed by atoms with van der Waals surface area (Å²) in [5.74, 6) is -0.0834. The Balaban J connectivity index is 2.09. The molecule has 20 heavy (non-hydrogen) atoms. The number of fused-ring (bicyclic) bond motifs is 1. The van der Waals surface area contributed by atoms with Crippen LogP contribution in [-0.2, 0) is 4.79 Å². The van der Waals surface area contributed by atoms with E-state index in [1.54, 1.807) is 0 Å². The van der Waals surface area contributed by atoms with E-state index >= 15 is 0 Å². The van der Waals surface area contributed by atoms with Crippen molar-refractivity contribution in [3.05, 3.63) is 78.4 Å². The summed E-state index contributed by atoms with van der Waals surface area (Å²) >= 11 is 0. The Morgan fingerprint density at radius 3 is 2.40 bits per heavy atom. The molecule has 0 unspecified atom stereocenters. The first-order chi connectivity index (χ1) is 9.85. The Kier molecular flexibility index (Phi) is 3.38. The molecule has 2 heteroatoms. The minimum absolute atomic E-state index is 0.00778. The van der Waals surface area contributed by atoms with Crippen LogP contribution in [-0.4, -0.2) is 6.29 Å². The van der Waals surface area contributed by atoms with E-state index in [9.17, 15) is 4.79 Å². The number of hydrogen-bond donors (Lipinski definition) is 1. The van der Waals surface area contributed by atoms with E-state index in [0.717, 1.165) is 23.1 Å². The monoisotopic (exact) mass is 263 g/mol. The quantitative estimate of drug-likeness (QED) is 0.671. The number of anilines is 1. The van der Waals surface area contributed by atoms with Gasteiger partial charge in [-0.3, -0.25) is 0 Å². The molecule has 1 heterocycles. The molecule has 0 saturated heterocycles. The molecule has 2 aromatic carbocycles. The van der Waals surface area contributed by atoms with E-state index in [-0.39, 0.29) is 17.9 Å². The van der Waals surface area contributed by atoms with Crippen molar-refractivity contribution in [1.82, 2.24) is 0 Å². The van der Waals surface area contributed by atoms with Crippen molar-refractivity contribution >= 4 is 12.0 Å². The fraction of sp³-hybridized carbons (Fsp3) is 0.167. The van der Waals surface area contributed by atoms with Crippen LogP contribution in [0.15, 0.2) is 67.3 Å². The van der Waals surface area contributed by atoms with Crippen LogP contribution in [0, 0.1) is 5.92 Å². The molecule has 0 aliphatic carbocycles. The average Bonchev–Trinajstić information content (AvgIpc) is 2.53. The molecule has 100 valence electrons. The SMILES string of the molecule is C=C[C@@H]1c2ccccc2N[C@H](c2ccccc2)[C@H]1C=O. The van der Waals surface area contributed by atoms with Crippen LogP contribution in [0.25, 0.3) is 0 Å². The number of carbonyl (C=O) groups excluding carboxylic acids is 1. The van der Waals surface area contributed by atoms with Gasteiger partial charge in [0.15, 0.2) is 0 Å². The molecule has 3 rings (SSSR count). The van der Waals surface area contributed by atoms with Gasteiger partial charge in [0.25, 0.3) is 0 Å². The molecule has 1 aliphatic rings. The predicted molar refractivity (Wildman–Crippen MR) is 81.7 cm³/mol. The Hall–Kier alpha value is -2.35. The molecule has 0 aromatic heterocycles. The molecular weight excluding hydrogens is 246 g/mol. The zero-order chi connectivity index (χ0) is 13.9. The average molecular weight is 263 g/mol. The first-order valence-electron chi connectivity index (χ1n) is 6.83. The minimum atomic E-state index is -0.134. The van der Waals surface area contributed by atoms with Crippen LogP contribution < -0.4 is 5.32 Å². The Bertz CT molecular complexity index is 620. The summed E-state index contributed by atoms with van der Waals surface area (Å²) in [6.07, 6.45) is 2.93. The molecule has 0 bridgehead atoms. The number of para-hydroxylation sites is 1. The summed E-state index contributed by atoms with van der Waals surface area (Å²) in [6.45, 7) is 3.92. The van der Waals surface area contributed by atoms with Crippen LogP contribution >= 0.6 is 0 Å². The Morgan fingerprint density at radius 2 is 1.70 bits per heavy atom. The van der Waals surface area contributed by atoms with E-state index in [2.05, 4.69) is 36.2 Å². The highest BCUT2D eigenvalue weighted by atomic mass is 16.1. The molecule has 0 spiro atoms. The van der Waals surface area contributed by atoms with Gasteiger partial charge in [0, 0.05) is 17.5 Å². The number of allylic oxidation sites excluding steroid dienone is 1. The maximum atomic E-state index is 11.6. The second kappa shape index (κ2) is 5.33.